The first kappa shape index (κ1) is 14.6. The minimum Gasteiger partial charge on any atom is -0.490 e. The van der Waals surface area contributed by atoms with Crippen LogP contribution in [0.15, 0.2) is 47.4 Å². The lowest BCUT2D eigenvalue weighted by molar-refractivity contribution is 0.296. The maximum Gasteiger partial charge on any atom is 0.250 e. The van der Waals surface area contributed by atoms with E-state index >= 15 is 0 Å². The molecule has 0 amide bonds. The Balaban J connectivity index is 1.94. The quantitative estimate of drug-likeness (QED) is 0.887. The molecule has 2 N–H and O–H groups in total. The minimum absolute atomic E-state index is 0.0412. The monoisotopic (exact) mass is 292 g/mol. The number of benzene rings is 1. The standard InChI is InChI=1S/C15H17ClN2O2/c16-13-11-12(6-7-17)4-5-14(13)20-10-9-18-8-2-1-3-15(18)19/h1-5,8,11H,6-7,9-10,17H2. The van der Waals surface area contributed by atoms with Gasteiger partial charge in [-0.15, -0.1) is 0 Å². The van der Waals surface area contributed by atoms with Gasteiger partial charge in [0.2, 0.25) is 0 Å². The number of rotatable bonds is 6. The first-order valence-electron chi connectivity index (χ1n) is 6.47. The van der Waals surface area contributed by atoms with E-state index in [0.717, 1.165) is 12.0 Å². The van der Waals surface area contributed by atoms with E-state index in [4.69, 9.17) is 22.1 Å². The van der Waals surface area contributed by atoms with Crippen molar-refractivity contribution in [2.45, 2.75) is 13.0 Å². The Morgan fingerprint density at radius 3 is 2.80 bits per heavy atom. The Hall–Kier alpha value is -1.78. The first-order chi connectivity index (χ1) is 9.70. The maximum absolute atomic E-state index is 11.5. The minimum atomic E-state index is -0.0412. The zero-order valence-electron chi connectivity index (χ0n) is 11.1. The Bertz CT molecular complexity index is 625. The van der Waals surface area contributed by atoms with Gasteiger partial charge in [0, 0.05) is 12.3 Å². The van der Waals surface area contributed by atoms with Gasteiger partial charge in [-0.2, -0.15) is 0 Å². The van der Waals surface area contributed by atoms with E-state index in [0.29, 0.717) is 30.5 Å². The summed E-state index contributed by atoms with van der Waals surface area (Å²) in [5, 5.41) is 0.566. The van der Waals surface area contributed by atoms with E-state index < -0.39 is 0 Å². The third-order valence-corrected chi connectivity index (χ3v) is 3.21. The van der Waals surface area contributed by atoms with Crippen molar-refractivity contribution >= 4 is 11.6 Å². The third-order valence-electron chi connectivity index (χ3n) is 2.92. The second-order valence-electron chi connectivity index (χ2n) is 4.38. The summed E-state index contributed by atoms with van der Waals surface area (Å²) in [7, 11) is 0. The van der Waals surface area contributed by atoms with Crippen LogP contribution in [-0.4, -0.2) is 17.7 Å². The van der Waals surface area contributed by atoms with Crippen LogP contribution in [0.3, 0.4) is 0 Å². The van der Waals surface area contributed by atoms with Crippen LogP contribution in [0.1, 0.15) is 5.56 Å². The van der Waals surface area contributed by atoms with Crippen LogP contribution in [0.2, 0.25) is 5.02 Å². The van der Waals surface area contributed by atoms with E-state index in [1.165, 1.54) is 6.07 Å². The average molecular weight is 293 g/mol. The smallest absolute Gasteiger partial charge is 0.250 e. The van der Waals surface area contributed by atoms with E-state index in [1.807, 2.05) is 24.3 Å². The molecule has 0 fully saturated rings. The van der Waals surface area contributed by atoms with Crippen LogP contribution >= 0.6 is 11.6 Å². The van der Waals surface area contributed by atoms with Crippen LogP contribution < -0.4 is 16.0 Å². The van der Waals surface area contributed by atoms with Crippen LogP contribution in [0.4, 0.5) is 0 Å². The second-order valence-corrected chi connectivity index (χ2v) is 4.79. The molecule has 20 heavy (non-hydrogen) atoms. The van der Waals surface area contributed by atoms with Crippen LogP contribution in [-0.2, 0) is 13.0 Å². The summed E-state index contributed by atoms with van der Waals surface area (Å²) < 4.78 is 7.20. The molecular formula is C15H17ClN2O2. The topological polar surface area (TPSA) is 57.2 Å². The molecule has 1 heterocycles. The fourth-order valence-electron chi connectivity index (χ4n) is 1.88. The summed E-state index contributed by atoms with van der Waals surface area (Å²) in [6.45, 7) is 1.47. The molecule has 4 nitrogen and oxygen atoms in total. The molecule has 5 heteroatoms. The Morgan fingerprint density at radius 1 is 1.25 bits per heavy atom. The normalized spacial score (nSPS) is 10.5. The van der Waals surface area contributed by atoms with Crippen molar-refractivity contribution < 1.29 is 4.74 Å². The summed E-state index contributed by atoms with van der Waals surface area (Å²) in [6, 6.07) is 10.7. The van der Waals surface area contributed by atoms with E-state index in [2.05, 4.69) is 0 Å². The summed E-state index contributed by atoms with van der Waals surface area (Å²) in [6.07, 6.45) is 2.52. The van der Waals surface area contributed by atoms with Gasteiger partial charge in [0.1, 0.15) is 12.4 Å². The molecule has 2 aromatic rings. The lowest BCUT2D eigenvalue weighted by Gasteiger charge is -2.10. The number of nitrogens with zero attached hydrogens (tertiary/aromatic N) is 1. The molecule has 1 aromatic carbocycles. The van der Waals surface area contributed by atoms with Crippen molar-refractivity contribution in [1.29, 1.82) is 0 Å². The summed E-state index contributed by atoms with van der Waals surface area (Å²) in [4.78, 5) is 11.5. The van der Waals surface area contributed by atoms with Gasteiger partial charge < -0.3 is 15.0 Å². The first-order valence-corrected chi connectivity index (χ1v) is 6.85. The zero-order chi connectivity index (χ0) is 14.4. The molecule has 0 aliphatic heterocycles. The van der Waals surface area contributed by atoms with E-state index in [9.17, 15) is 4.79 Å². The summed E-state index contributed by atoms with van der Waals surface area (Å²) in [5.74, 6) is 0.622. The van der Waals surface area contributed by atoms with Crippen molar-refractivity contribution in [3.8, 4) is 5.75 Å². The van der Waals surface area contributed by atoms with Crippen molar-refractivity contribution in [2.75, 3.05) is 13.2 Å². The van der Waals surface area contributed by atoms with Crippen molar-refractivity contribution in [3.63, 3.8) is 0 Å². The number of hydrogen-bond acceptors (Lipinski definition) is 3. The number of halogens is 1. The Kier molecular flexibility index (Phi) is 5.21. The predicted molar refractivity (Wildman–Crippen MR) is 80.4 cm³/mol. The molecule has 0 radical (unpaired) electrons. The number of nitrogens with two attached hydrogens (primary N) is 1. The van der Waals surface area contributed by atoms with Gasteiger partial charge in [-0.3, -0.25) is 4.79 Å². The molecule has 1 aromatic heterocycles. The number of ether oxygens (including phenoxy) is 1. The fourth-order valence-corrected chi connectivity index (χ4v) is 2.14. The fraction of sp³-hybridized carbons (Fsp3) is 0.267. The van der Waals surface area contributed by atoms with Crippen LogP contribution in [0.5, 0.6) is 5.75 Å². The molecule has 0 bridgehead atoms. The largest absolute Gasteiger partial charge is 0.490 e. The number of hydrogen-bond donors (Lipinski definition) is 1. The highest BCUT2D eigenvalue weighted by atomic mass is 35.5. The van der Waals surface area contributed by atoms with Gasteiger partial charge in [-0.25, -0.2) is 0 Å². The number of aromatic nitrogens is 1. The zero-order valence-corrected chi connectivity index (χ0v) is 11.8. The molecule has 0 unspecified atom stereocenters. The molecule has 0 saturated carbocycles. The van der Waals surface area contributed by atoms with Gasteiger partial charge in [0.15, 0.2) is 0 Å². The predicted octanol–water partition coefficient (Wildman–Crippen LogP) is 2.08. The molecule has 106 valence electrons. The van der Waals surface area contributed by atoms with E-state index in [1.54, 1.807) is 16.8 Å². The molecule has 0 aliphatic carbocycles. The highest BCUT2D eigenvalue weighted by Crippen LogP contribution is 2.25. The summed E-state index contributed by atoms with van der Waals surface area (Å²) in [5.41, 5.74) is 6.55. The van der Waals surface area contributed by atoms with Gasteiger partial charge in [-0.1, -0.05) is 23.7 Å². The highest BCUT2D eigenvalue weighted by molar-refractivity contribution is 6.32. The van der Waals surface area contributed by atoms with E-state index in [-0.39, 0.29) is 5.56 Å². The Labute approximate surface area is 122 Å². The molecule has 2 rings (SSSR count). The van der Waals surface area contributed by atoms with Gasteiger partial charge >= 0.3 is 0 Å². The lowest BCUT2D eigenvalue weighted by atomic mass is 10.1. The second kappa shape index (κ2) is 7.12. The van der Waals surface area contributed by atoms with Crippen molar-refractivity contribution in [3.05, 3.63) is 63.5 Å². The maximum atomic E-state index is 11.5. The molecule has 0 saturated heterocycles. The third kappa shape index (κ3) is 3.85. The van der Waals surface area contributed by atoms with Gasteiger partial charge in [-0.05, 0) is 36.7 Å². The van der Waals surface area contributed by atoms with Gasteiger partial charge in [0.25, 0.3) is 5.56 Å². The highest BCUT2D eigenvalue weighted by Gasteiger charge is 2.03. The SMILES string of the molecule is NCCc1ccc(OCCn2ccccc2=O)c(Cl)c1. The molecular weight excluding hydrogens is 276 g/mol. The molecule has 0 aliphatic rings. The summed E-state index contributed by atoms with van der Waals surface area (Å²) >= 11 is 6.14. The van der Waals surface area contributed by atoms with Crippen LogP contribution in [0.25, 0.3) is 0 Å². The van der Waals surface area contributed by atoms with Crippen molar-refractivity contribution in [1.82, 2.24) is 4.57 Å². The molecule has 0 atom stereocenters. The van der Waals surface area contributed by atoms with Gasteiger partial charge in [0.05, 0.1) is 11.6 Å². The van der Waals surface area contributed by atoms with Crippen LogP contribution in [0, 0.1) is 0 Å². The average Bonchev–Trinajstić information content (AvgIpc) is 2.43. The number of pyridine rings is 1. The molecule has 0 spiro atoms. The Morgan fingerprint density at radius 2 is 2.10 bits per heavy atom. The lowest BCUT2D eigenvalue weighted by Crippen LogP contribution is -2.21. The van der Waals surface area contributed by atoms with Crippen molar-refractivity contribution in [2.24, 2.45) is 5.73 Å².